The van der Waals surface area contributed by atoms with Crippen LogP contribution in [0.15, 0.2) is 29.1 Å². The van der Waals surface area contributed by atoms with Crippen LogP contribution in [-0.4, -0.2) is 44.6 Å². The first kappa shape index (κ1) is 14.7. The highest BCUT2D eigenvalue weighted by molar-refractivity contribution is 6.04. The van der Waals surface area contributed by atoms with Crippen molar-refractivity contribution in [3.05, 3.63) is 40.4 Å². The van der Waals surface area contributed by atoms with Gasteiger partial charge in [-0.1, -0.05) is 18.2 Å². The van der Waals surface area contributed by atoms with Gasteiger partial charge in [0.1, 0.15) is 5.69 Å². The van der Waals surface area contributed by atoms with E-state index in [1.165, 1.54) is 0 Å². The molecule has 1 atom stereocenters. The van der Waals surface area contributed by atoms with Gasteiger partial charge in [-0.15, -0.1) is 0 Å². The molecule has 0 saturated carbocycles. The summed E-state index contributed by atoms with van der Waals surface area (Å²) in [6.07, 6.45) is 1.93. The van der Waals surface area contributed by atoms with E-state index in [4.69, 9.17) is 0 Å². The van der Waals surface area contributed by atoms with Gasteiger partial charge in [0, 0.05) is 18.5 Å². The lowest BCUT2D eigenvalue weighted by Crippen LogP contribution is -2.35. The number of aliphatic hydroxyl groups is 1. The Kier molecular flexibility index (Phi) is 3.70. The second kappa shape index (κ2) is 5.53. The molecule has 2 N–H and O–H groups in total. The van der Waals surface area contributed by atoms with Gasteiger partial charge < -0.3 is 15.0 Å². The normalized spacial score (nSPS) is 22.5. The van der Waals surface area contributed by atoms with Crippen molar-refractivity contribution >= 4 is 16.8 Å². The molecular weight excluding hydrogens is 282 g/mol. The van der Waals surface area contributed by atoms with Crippen LogP contribution >= 0.6 is 0 Å². The van der Waals surface area contributed by atoms with Crippen molar-refractivity contribution in [2.24, 2.45) is 0 Å². The number of fused-ring (bicyclic) bond motifs is 1. The third-order valence-electron chi connectivity index (χ3n) is 4.19. The fraction of sp³-hybridized carbons (Fsp3) is 0.438. The Morgan fingerprint density at radius 2 is 2.09 bits per heavy atom. The Balaban J connectivity index is 1.97. The molecule has 0 unspecified atom stereocenters. The van der Waals surface area contributed by atoms with Crippen molar-refractivity contribution in [3.8, 4) is 0 Å². The van der Waals surface area contributed by atoms with Crippen molar-refractivity contribution < 1.29 is 9.90 Å². The summed E-state index contributed by atoms with van der Waals surface area (Å²) in [7, 11) is 0. The van der Waals surface area contributed by atoms with Gasteiger partial charge in [0.05, 0.1) is 11.1 Å². The van der Waals surface area contributed by atoms with Crippen LogP contribution in [-0.2, 0) is 0 Å². The molecule has 1 aliphatic rings. The third-order valence-corrected chi connectivity index (χ3v) is 4.19. The van der Waals surface area contributed by atoms with Gasteiger partial charge >= 0.3 is 5.69 Å². The van der Waals surface area contributed by atoms with E-state index < -0.39 is 11.3 Å². The molecule has 2 aromatic rings. The molecule has 1 aliphatic heterocycles. The summed E-state index contributed by atoms with van der Waals surface area (Å²) in [5, 5.41) is 10.8. The number of aromatic nitrogens is 2. The van der Waals surface area contributed by atoms with Gasteiger partial charge in [0.15, 0.2) is 0 Å². The molecule has 0 bridgehead atoms. The summed E-state index contributed by atoms with van der Waals surface area (Å²) in [5.41, 5.74) is -0.476. The predicted molar refractivity (Wildman–Crippen MR) is 82.7 cm³/mol. The predicted octanol–water partition coefficient (Wildman–Crippen LogP) is 1.30. The summed E-state index contributed by atoms with van der Waals surface area (Å²) in [6.45, 7) is 2.83. The molecular formula is C16H19N3O3. The van der Waals surface area contributed by atoms with Gasteiger partial charge in [0.25, 0.3) is 5.91 Å². The van der Waals surface area contributed by atoms with Gasteiger partial charge in [-0.3, -0.25) is 4.79 Å². The maximum absolute atomic E-state index is 12.8. The van der Waals surface area contributed by atoms with Crippen molar-refractivity contribution in [3.63, 3.8) is 0 Å². The summed E-state index contributed by atoms with van der Waals surface area (Å²) >= 11 is 0. The Morgan fingerprint density at radius 1 is 1.32 bits per heavy atom. The number of aromatic amines is 1. The molecule has 0 radical (unpaired) electrons. The second-order valence-electron chi connectivity index (χ2n) is 6.08. The summed E-state index contributed by atoms with van der Waals surface area (Å²) in [6, 6.07) is 7.14. The zero-order valence-corrected chi connectivity index (χ0v) is 12.5. The van der Waals surface area contributed by atoms with Crippen LogP contribution in [0.2, 0.25) is 0 Å². The van der Waals surface area contributed by atoms with E-state index >= 15 is 0 Å². The van der Waals surface area contributed by atoms with Crippen LogP contribution in [0.25, 0.3) is 10.9 Å². The van der Waals surface area contributed by atoms with E-state index in [-0.39, 0.29) is 11.6 Å². The van der Waals surface area contributed by atoms with E-state index in [1.807, 2.05) is 6.07 Å². The lowest BCUT2D eigenvalue weighted by molar-refractivity contribution is 0.0437. The maximum Gasteiger partial charge on any atom is 0.346 e. The van der Waals surface area contributed by atoms with E-state index in [2.05, 4.69) is 9.97 Å². The maximum atomic E-state index is 12.8. The molecule has 116 valence electrons. The molecule has 2 heterocycles. The lowest BCUT2D eigenvalue weighted by Gasteiger charge is -2.22. The average Bonchev–Trinajstić information content (AvgIpc) is 2.66. The summed E-state index contributed by atoms with van der Waals surface area (Å²) in [4.78, 5) is 32.6. The monoisotopic (exact) mass is 301 g/mol. The largest absolute Gasteiger partial charge is 0.390 e. The Bertz CT molecular complexity index is 767. The number of nitrogens with zero attached hydrogens (tertiary/aromatic N) is 2. The number of amides is 1. The van der Waals surface area contributed by atoms with Gasteiger partial charge in [-0.05, 0) is 32.3 Å². The number of para-hydroxylation sites is 1. The first-order valence-electron chi connectivity index (χ1n) is 7.47. The molecule has 1 fully saturated rings. The number of H-pyrrole nitrogens is 1. The number of carbonyl (C=O) groups is 1. The van der Waals surface area contributed by atoms with E-state index in [1.54, 1.807) is 30.0 Å². The Morgan fingerprint density at radius 3 is 2.91 bits per heavy atom. The van der Waals surface area contributed by atoms with E-state index in [0.717, 1.165) is 6.42 Å². The minimum absolute atomic E-state index is 0.181. The average molecular weight is 301 g/mol. The first-order chi connectivity index (χ1) is 10.5. The third kappa shape index (κ3) is 2.87. The minimum atomic E-state index is -0.737. The molecule has 1 aromatic carbocycles. The highest BCUT2D eigenvalue weighted by atomic mass is 16.3. The number of benzene rings is 1. The van der Waals surface area contributed by atoms with Crippen molar-refractivity contribution in [1.82, 2.24) is 14.9 Å². The quantitative estimate of drug-likeness (QED) is 0.831. The fourth-order valence-corrected chi connectivity index (χ4v) is 2.88. The number of hydrogen-bond acceptors (Lipinski definition) is 4. The number of carbonyl (C=O) groups excluding carboxylic acids is 1. The fourth-order valence-electron chi connectivity index (χ4n) is 2.88. The highest BCUT2D eigenvalue weighted by Gasteiger charge is 2.28. The second-order valence-corrected chi connectivity index (χ2v) is 6.08. The lowest BCUT2D eigenvalue weighted by atomic mass is 9.98. The topological polar surface area (TPSA) is 86.3 Å². The SMILES string of the molecule is C[C@]1(O)CCCN(C(=O)c2nc(=O)[nH]c3ccccc23)CC1. The highest BCUT2D eigenvalue weighted by Crippen LogP contribution is 2.23. The van der Waals surface area contributed by atoms with Crippen LogP contribution in [0.3, 0.4) is 0 Å². The summed E-state index contributed by atoms with van der Waals surface area (Å²) in [5.74, 6) is -0.250. The molecule has 0 spiro atoms. The number of rotatable bonds is 1. The summed E-state index contributed by atoms with van der Waals surface area (Å²) < 4.78 is 0. The van der Waals surface area contributed by atoms with Gasteiger partial charge in [0.2, 0.25) is 0 Å². The van der Waals surface area contributed by atoms with Crippen molar-refractivity contribution in [1.29, 1.82) is 0 Å². The molecule has 6 nitrogen and oxygen atoms in total. The smallest absolute Gasteiger partial charge is 0.346 e. The van der Waals surface area contributed by atoms with Gasteiger partial charge in [-0.25, -0.2) is 4.79 Å². The van der Waals surface area contributed by atoms with Crippen LogP contribution < -0.4 is 5.69 Å². The van der Waals surface area contributed by atoms with Gasteiger partial charge in [-0.2, -0.15) is 4.98 Å². The molecule has 1 amide bonds. The van der Waals surface area contributed by atoms with Crippen LogP contribution in [0.1, 0.15) is 36.7 Å². The Hall–Kier alpha value is -2.21. The van der Waals surface area contributed by atoms with Crippen molar-refractivity contribution in [2.45, 2.75) is 31.8 Å². The van der Waals surface area contributed by atoms with E-state index in [9.17, 15) is 14.7 Å². The molecule has 22 heavy (non-hydrogen) atoms. The number of likely N-dealkylation sites (tertiary alicyclic amines) is 1. The molecule has 6 heteroatoms. The van der Waals surface area contributed by atoms with Crippen LogP contribution in [0, 0.1) is 0 Å². The molecule has 1 aromatic heterocycles. The zero-order valence-electron chi connectivity index (χ0n) is 12.5. The molecule has 0 aliphatic carbocycles. The molecule has 1 saturated heterocycles. The Labute approximate surface area is 127 Å². The standard InChI is InChI=1S/C16H19N3O3/c1-16(22)7-4-9-19(10-8-16)14(20)13-11-5-2-3-6-12(11)17-15(21)18-13/h2-3,5-6,22H,4,7-10H2,1H3,(H,17,18,21)/t16-/m0/s1. The minimum Gasteiger partial charge on any atom is -0.390 e. The zero-order chi connectivity index (χ0) is 15.7. The number of nitrogens with one attached hydrogen (secondary N) is 1. The van der Waals surface area contributed by atoms with E-state index in [0.29, 0.717) is 36.8 Å². The van der Waals surface area contributed by atoms with Crippen LogP contribution in [0.5, 0.6) is 0 Å². The molecule has 3 rings (SSSR count). The number of hydrogen-bond donors (Lipinski definition) is 2. The van der Waals surface area contributed by atoms with Crippen LogP contribution in [0.4, 0.5) is 0 Å². The first-order valence-corrected chi connectivity index (χ1v) is 7.47. The van der Waals surface area contributed by atoms with Crippen molar-refractivity contribution in [2.75, 3.05) is 13.1 Å².